The van der Waals surface area contributed by atoms with E-state index in [-0.39, 0.29) is 17.2 Å². The van der Waals surface area contributed by atoms with E-state index in [2.05, 4.69) is 4.98 Å². The van der Waals surface area contributed by atoms with Crippen LogP contribution in [0.5, 0.6) is 11.5 Å². The zero-order chi connectivity index (χ0) is 12.7. The van der Waals surface area contributed by atoms with Crippen LogP contribution in [0.15, 0.2) is 47.3 Å². The van der Waals surface area contributed by atoms with E-state index in [9.17, 15) is 15.0 Å². The Morgan fingerprint density at radius 2 is 1.78 bits per heavy atom. The van der Waals surface area contributed by atoms with Crippen molar-refractivity contribution in [3.63, 3.8) is 0 Å². The van der Waals surface area contributed by atoms with Gasteiger partial charge in [-0.2, -0.15) is 0 Å². The number of nitrogens with zero attached hydrogens (tertiary/aromatic N) is 1. The maximum Gasteiger partial charge on any atom is 0.331 e. The summed E-state index contributed by atoms with van der Waals surface area (Å²) in [5.41, 5.74) is 1.64. The van der Waals surface area contributed by atoms with Crippen LogP contribution >= 0.6 is 0 Å². The van der Waals surface area contributed by atoms with Gasteiger partial charge in [0.15, 0.2) is 11.5 Å². The molecule has 0 fully saturated rings. The second-order valence-electron chi connectivity index (χ2n) is 3.96. The van der Waals surface area contributed by atoms with Gasteiger partial charge in [-0.05, 0) is 24.3 Å². The molecule has 3 N–H and O–H groups in total. The summed E-state index contributed by atoms with van der Waals surface area (Å²) >= 11 is 0. The maximum absolute atomic E-state index is 11.9. The van der Waals surface area contributed by atoms with Crippen LogP contribution < -0.4 is 5.69 Å². The lowest BCUT2D eigenvalue weighted by Crippen LogP contribution is -2.14. The van der Waals surface area contributed by atoms with Crippen molar-refractivity contribution in [2.75, 3.05) is 0 Å². The number of fused-ring (bicyclic) bond motifs is 1. The summed E-state index contributed by atoms with van der Waals surface area (Å²) in [7, 11) is 0. The topological polar surface area (TPSA) is 78.2 Å². The number of hydrogen-bond acceptors (Lipinski definition) is 3. The molecule has 0 unspecified atom stereocenters. The van der Waals surface area contributed by atoms with Crippen molar-refractivity contribution in [3.8, 4) is 17.2 Å². The molecule has 1 aromatic heterocycles. The first-order valence-corrected chi connectivity index (χ1v) is 5.39. The van der Waals surface area contributed by atoms with E-state index < -0.39 is 0 Å². The van der Waals surface area contributed by atoms with Crippen molar-refractivity contribution in [3.05, 3.63) is 52.9 Å². The third kappa shape index (κ3) is 1.45. The van der Waals surface area contributed by atoms with E-state index in [1.807, 2.05) is 12.1 Å². The molecule has 0 radical (unpaired) electrons. The summed E-state index contributed by atoms with van der Waals surface area (Å²) in [5.74, 6) is -0.476. The second kappa shape index (κ2) is 3.66. The molecule has 5 heteroatoms. The molecule has 0 aliphatic heterocycles. The molecule has 5 nitrogen and oxygen atoms in total. The predicted molar refractivity (Wildman–Crippen MR) is 67.2 cm³/mol. The molecule has 0 aliphatic carbocycles. The molecule has 0 amide bonds. The lowest BCUT2D eigenvalue weighted by atomic mass is 10.2. The van der Waals surface area contributed by atoms with Crippen LogP contribution in [0.1, 0.15) is 0 Å². The molecule has 2 aromatic carbocycles. The quantitative estimate of drug-likeness (QED) is 0.568. The average molecular weight is 242 g/mol. The Morgan fingerprint density at radius 3 is 2.56 bits per heavy atom. The minimum Gasteiger partial charge on any atom is -0.504 e. The Balaban J connectivity index is 2.34. The number of aromatic amines is 1. The van der Waals surface area contributed by atoms with Crippen molar-refractivity contribution in [2.24, 2.45) is 0 Å². The van der Waals surface area contributed by atoms with Gasteiger partial charge in [0.2, 0.25) is 0 Å². The van der Waals surface area contributed by atoms with Crippen LogP contribution in [-0.2, 0) is 0 Å². The van der Waals surface area contributed by atoms with Crippen molar-refractivity contribution in [1.82, 2.24) is 9.55 Å². The molecule has 0 saturated heterocycles. The summed E-state index contributed by atoms with van der Waals surface area (Å²) in [6.07, 6.45) is 0. The van der Waals surface area contributed by atoms with Crippen LogP contribution in [-0.4, -0.2) is 19.8 Å². The van der Waals surface area contributed by atoms with Gasteiger partial charge in [0, 0.05) is 6.07 Å². The minimum absolute atomic E-state index is 0.216. The second-order valence-corrected chi connectivity index (χ2v) is 3.96. The molecule has 0 aliphatic rings. The molecule has 3 rings (SSSR count). The van der Waals surface area contributed by atoms with E-state index >= 15 is 0 Å². The number of imidazole rings is 1. The van der Waals surface area contributed by atoms with Gasteiger partial charge in [-0.1, -0.05) is 12.1 Å². The lowest BCUT2D eigenvalue weighted by molar-refractivity contribution is 0.403. The summed E-state index contributed by atoms with van der Waals surface area (Å²) in [4.78, 5) is 14.6. The van der Waals surface area contributed by atoms with Crippen LogP contribution in [0.4, 0.5) is 0 Å². The average Bonchev–Trinajstić information content (AvgIpc) is 2.69. The molecule has 1 heterocycles. The Hall–Kier alpha value is -2.69. The van der Waals surface area contributed by atoms with Gasteiger partial charge < -0.3 is 15.2 Å². The van der Waals surface area contributed by atoms with Crippen LogP contribution in [0.2, 0.25) is 0 Å². The Morgan fingerprint density at radius 1 is 1.00 bits per heavy atom. The number of rotatable bonds is 1. The molecule has 0 saturated carbocycles. The van der Waals surface area contributed by atoms with Crippen molar-refractivity contribution in [1.29, 1.82) is 0 Å². The number of benzene rings is 2. The van der Waals surface area contributed by atoms with E-state index in [1.165, 1.54) is 16.7 Å². The van der Waals surface area contributed by atoms with Gasteiger partial charge in [0.25, 0.3) is 0 Å². The smallest absolute Gasteiger partial charge is 0.331 e. The van der Waals surface area contributed by atoms with Gasteiger partial charge in [-0.25, -0.2) is 4.79 Å². The number of nitrogens with one attached hydrogen (secondary N) is 1. The first kappa shape index (κ1) is 10.5. The third-order valence-corrected chi connectivity index (χ3v) is 2.81. The summed E-state index contributed by atoms with van der Waals surface area (Å²) in [6.45, 7) is 0. The van der Waals surface area contributed by atoms with Crippen LogP contribution in [0.3, 0.4) is 0 Å². The Bertz CT molecular complexity index is 786. The first-order chi connectivity index (χ1) is 8.66. The number of H-pyrrole nitrogens is 1. The molecule has 0 bridgehead atoms. The van der Waals surface area contributed by atoms with E-state index in [4.69, 9.17) is 0 Å². The van der Waals surface area contributed by atoms with E-state index in [0.717, 1.165) is 5.52 Å². The van der Waals surface area contributed by atoms with Crippen molar-refractivity contribution in [2.45, 2.75) is 0 Å². The molecule has 90 valence electrons. The number of aromatic nitrogens is 2. The monoisotopic (exact) mass is 242 g/mol. The zero-order valence-corrected chi connectivity index (χ0v) is 9.29. The largest absolute Gasteiger partial charge is 0.504 e. The summed E-state index contributed by atoms with van der Waals surface area (Å²) < 4.78 is 1.44. The fraction of sp³-hybridized carbons (Fsp3) is 0. The highest BCUT2D eigenvalue weighted by Crippen LogP contribution is 2.27. The highest BCUT2D eigenvalue weighted by molar-refractivity contribution is 5.77. The highest BCUT2D eigenvalue weighted by atomic mass is 16.3. The fourth-order valence-electron chi connectivity index (χ4n) is 1.96. The number of hydrogen-bond donors (Lipinski definition) is 3. The van der Waals surface area contributed by atoms with E-state index in [1.54, 1.807) is 18.2 Å². The van der Waals surface area contributed by atoms with Crippen molar-refractivity contribution >= 4 is 11.0 Å². The number of para-hydroxylation sites is 2. The third-order valence-electron chi connectivity index (χ3n) is 2.81. The van der Waals surface area contributed by atoms with Gasteiger partial charge in [0.05, 0.1) is 16.7 Å². The normalized spacial score (nSPS) is 10.9. The molecule has 0 spiro atoms. The highest BCUT2D eigenvalue weighted by Gasteiger charge is 2.09. The number of aromatic hydroxyl groups is 2. The zero-order valence-electron chi connectivity index (χ0n) is 9.29. The standard InChI is InChI=1S/C13H10N2O3/c16-11-6-5-8(7-12(11)17)15-10-4-2-1-3-9(10)14-13(15)18/h1-7,16-17H,(H,14,18). The van der Waals surface area contributed by atoms with Crippen molar-refractivity contribution < 1.29 is 10.2 Å². The van der Waals surface area contributed by atoms with Gasteiger partial charge in [0.1, 0.15) is 0 Å². The van der Waals surface area contributed by atoms with Gasteiger partial charge >= 0.3 is 5.69 Å². The number of phenolic OH excluding ortho intramolecular Hbond substituents is 2. The Kier molecular flexibility index (Phi) is 2.13. The summed E-state index contributed by atoms with van der Waals surface area (Å²) in [6, 6.07) is 11.5. The fourth-order valence-corrected chi connectivity index (χ4v) is 1.96. The molecule has 3 aromatic rings. The molecule has 0 atom stereocenters. The van der Waals surface area contributed by atoms with Gasteiger partial charge in [-0.3, -0.25) is 4.57 Å². The summed E-state index contributed by atoms with van der Waals surface area (Å²) in [5, 5.41) is 18.8. The van der Waals surface area contributed by atoms with Crippen LogP contribution in [0.25, 0.3) is 16.7 Å². The van der Waals surface area contributed by atoms with Crippen LogP contribution in [0, 0.1) is 0 Å². The Labute approximate surface area is 102 Å². The van der Waals surface area contributed by atoms with E-state index in [0.29, 0.717) is 11.2 Å². The SMILES string of the molecule is O=c1[nH]c2ccccc2n1-c1ccc(O)c(O)c1. The molecular formula is C13H10N2O3. The number of phenols is 2. The molecular weight excluding hydrogens is 232 g/mol. The minimum atomic E-state index is -0.290. The predicted octanol–water partition coefficient (Wildman–Crippen LogP) is 1.73. The first-order valence-electron chi connectivity index (χ1n) is 5.39. The molecule has 18 heavy (non-hydrogen) atoms. The lowest BCUT2D eigenvalue weighted by Gasteiger charge is -2.04. The maximum atomic E-state index is 11.9. The van der Waals surface area contributed by atoms with Gasteiger partial charge in [-0.15, -0.1) is 0 Å².